The van der Waals surface area contributed by atoms with Crippen LogP contribution in [0.1, 0.15) is 25.7 Å². The molecular formula is C18H21N3O3. The Bertz CT molecular complexity index is 670. The molecule has 1 aromatic carbocycles. The first kappa shape index (κ1) is 16.3. The molecule has 0 unspecified atom stereocenters. The van der Waals surface area contributed by atoms with E-state index in [2.05, 4.69) is 15.6 Å². The number of aliphatic hydroxyl groups excluding tert-OH is 1. The van der Waals surface area contributed by atoms with Gasteiger partial charge < -0.3 is 20.5 Å². The Morgan fingerprint density at radius 1 is 1.12 bits per heavy atom. The van der Waals surface area contributed by atoms with Crippen molar-refractivity contribution in [3.8, 4) is 11.6 Å². The summed E-state index contributed by atoms with van der Waals surface area (Å²) in [5.74, 6) is 1.10. The van der Waals surface area contributed by atoms with Gasteiger partial charge in [0, 0.05) is 24.0 Å². The summed E-state index contributed by atoms with van der Waals surface area (Å²) in [6.45, 7) is 0. The summed E-state index contributed by atoms with van der Waals surface area (Å²) in [5, 5.41) is 15.2. The van der Waals surface area contributed by atoms with Crippen molar-refractivity contribution in [2.75, 3.05) is 5.32 Å². The van der Waals surface area contributed by atoms with Crippen molar-refractivity contribution in [1.29, 1.82) is 0 Å². The summed E-state index contributed by atoms with van der Waals surface area (Å²) in [4.78, 5) is 16.2. The van der Waals surface area contributed by atoms with Crippen LogP contribution in [0.2, 0.25) is 0 Å². The number of anilines is 1. The molecule has 1 fully saturated rings. The number of amides is 2. The SMILES string of the molecule is O=C(Nc1ccnc(Oc2ccccc2)c1)NC1CCC(O)CC1. The fourth-order valence-corrected chi connectivity index (χ4v) is 2.73. The Morgan fingerprint density at radius 2 is 1.88 bits per heavy atom. The zero-order valence-corrected chi connectivity index (χ0v) is 13.3. The van der Waals surface area contributed by atoms with Crippen LogP contribution >= 0.6 is 0 Å². The van der Waals surface area contributed by atoms with Gasteiger partial charge in [-0.3, -0.25) is 0 Å². The molecule has 6 nitrogen and oxygen atoms in total. The van der Waals surface area contributed by atoms with Gasteiger partial charge in [0.1, 0.15) is 5.75 Å². The summed E-state index contributed by atoms with van der Waals surface area (Å²) in [6.07, 6.45) is 4.42. The molecule has 3 N–H and O–H groups in total. The van der Waals surface area contributed by atoms with Crippen molar-refractivity contribution in [3.63, 3.8) is 0 Å². The van der Waals surface area contributed by atoms with E-state index in [1.165, 1.54) is 0 Å². The standard InChI is InChI=1S/C18H21N3O3/c22-15-8-6-13(7-9-15)20-18(23)21-14-10-11-19-17(12-14)24-16-4-2-1-3-5-16/h1-5,10-13,15,22H,6-9H2,(H2,19,20,21,23). The first-order chi connectivity index (χ1) is 11.7. The normalized spacial score (nSPS) is 20.2. The average molecular weight is 327 g/mol. The minimum atomic E-state index is -0.256. The molecule has 0 aliphatic heterocycles. The van der Waals surface area contributed by atoms with Crippen LogP contribution in [-0.2, 0) is 0 Å². The van der Waals surface area contributed by atoms with Crippen molar-refractivity contribution in [3.05, 3.63) is 48.7 Å². The van der Waals surface area contributed by atoms with Gasteiger partial charge in [0.15, 0.2) is 0 Å². The smallest absolute Gasteiger partial charge is 0.319 e. The molecule has 1 aliphatic carbocycles. The molecule has 1 aromatic heterocycles. The van der Waals surface area contributed by atoms with E-state index < -0.39 is 0 Å². The second-order valence-corrected chi connectivity index (χ2v) is 5.90. The number of aromatic nitrogens is 1. The van der Waals surface area contributed by atoms with E-state index in [-0.39, 0.29) is 18.2 Å². The molecule has 24 heavy (non-hydrogen) atoms. The van der Waals surface area contributed by atoms with Gasteiger partial charge in [0.2, 0.25) is 5.88 Å². The summed E-state index contributed by atoms with van der Waals surface area (Å²) < 4.78 is 5.65. The third-order valence-electron chi connectivity index (χ3n) is 3.99. The summed E-state index contributed by atoms with van der Waals surface area (Å²) in [7, 11) is 0. The number of rotatable bonds is 4. The highest BCUT2D eigenvalue weighted by Gasteiger charge is 2.20. The number of ether oxygens (including phenoxy) is 1. The number of aliphatic hydroxyl groups is 1. The molecule has 0 saturated heterocycles. The zero-order chi connectivity index (χ0) is 16.8. The van der Waals surface area contributed by atoms with Gasteiger partial charge in [-0.1, -0.05) is 18.2 Å². The van der Waals surface area contributed by atoms with Gasteiger partial charge in [0.05, 0.1) is 6.10 Å². The van der Waals surface area contributed by atoms with Gasteiger partial charge in [-0.15, -0.1) is 0 Å². The zero-order valence-electron chi connectivity index (χ0n) is 13.3. The number of hydrogen-bond acceptors (Lipinski definition) is 4. The van der Waals surface area contributed by atoms with Crippen LogP contribution in [0.15, 0.2) is 48.7 Å². The van der Waals surface area contributed by atoms with Crippen LogP contribution in [0, 0.1) is 0 Å². The maximum absolute atomic E-state index is 12.1. The second kappa shape index (κ2) is 7.79. The van der Waals surface area contributed by atoms with Crippen LogP contribution in [0.5, 0.6) is 11.6 Å². The van der Waals surface area contributed by atoms with Gasteiger partial charge in [-0.2, -0.15) is 0 Å². The molecule has 1 heterocycles. The second-order valence-electron chi connectivity index (χ2n) is 5.90. The van der Waals surface area contributed by atoms with Crippen LogP contribution in [0.4, 0.5) is 10.5 Å². The molecule has 1 saturated carbocycles. The van der Waals surface area contributed by atoms with Crippen LogP contribution < -0.4 is 15.4 Å². The number of carbonyl (C=O) groups is 1. The topological polar surface area (TPSA) is 83.5 Å². The first-order valence-electron chi connectivity index (χ1n) is 8.13. The fourth-order valence-electron chi connectivity index (χ4n) is 2.73. The maximum atomic E-state index is 12.1. The van der Waals surface area contributed by atoms with E-state index in [0.29, 0.717) is 17.3 Å². The molecule has 6 heteroatoms. The summed E-state index contributed by atoms with van der Waals surface area (Å²) >= 11 is 0. The van der Waals surface area contributed by atoms with Crippen molar-refractivity contribution < 1.29 is 14.6 Å². The average Bonchev–Trinajstić information content (AvgIpc) is 2.58. The number of pyridine rings is 1. The lowest BCUT2D eigenvalue weighted by Crippen LogP contribution is -2.40. The molecule has 0 bridgehead atoms. The van der Waals surface area contributed by atoms with Crippen molar-refractivity contribution in [2.24, 2.45) is 0 Å². The molecule has 0 radical (unpaired) electrons. The third kappa shape index (κ3) is 4.70. The van der Waals surface area contributed by atoms with Crippen molar-refractivity contribution >= 4 is 11.7 Å². The molecule has 0 spiro atoms. The molecule has 3 rings (SSSR count). The Kier molecular flexibility index (Phi) is 5.28. The van der Waals surface area contributed by atoms with E-state index >= 15 is 0 Å². The largest absolute Gasteiger partial charge is 0.439 e. The van der Waals surface area contributed by atoms with E-state index in [1.807, 2.05) is 30.3 Å². The minimum absolute atomic E-state index is 0.107. The molecule has 126 valence electrons. The van der Waals surface area contributed by atoms with Gasteiger partial charge >= 0.3 is 6.03 Å². The van der Waals surface area contributed by atoms with E-state index in [4.69, 9.17) is 4.74 Å². The Hall–Kier alpha value is -2.60. The van der Waals surface area contributed by atoms with Crippen LogP contribution in [-0.4, -0.2) is 28.3 Å². The summed E-state index contributed by atoms with van der Waals surface area (Å²) in [6, 6.07) is 12.6. The lowest BCUT2D eigenvalue weighted by atomic mass is 9.93. The van der Waals surface area contributed by atoms with Crippen LogP contribution in [0.3, 0.4) is 0 Å². The number of para-hydroxylation sites is 1. The van der Waals surface area contributed by atoms with Crippen molar-refractivity contribution in [1.82, 2.24) is 10.3 Å². The highest BCUT2D eigenvalue weighted by molar-refractivity contribution is 5.89. The fraction of sp³-hybridized carbons (Fsp3) is 0.333. The van der Waals surface area contributed by atoms with Crippen LogP contribution in [0.25, 0.3) is 0 Å². The number of benzene rings is 1. The van der Waals surface area contributed by atoms with E-state index in [9.17, 15) is 9.90 Å². The molecule has 1 aliphatic rings. The highest BCUT2D eigenvalue weighted by Crippen LogP contribution is 2.22. The molecule has 0 atom stereocenters. The first-order valence-corrected chi connectivity index (χ1v) is 8.13. The van der Waals surface area contributed by atoms with Gasteiger partial charge in [-0.25, -0.2) is 9.78 Å². The van der Waals surface area contributed by atoms with E-state index in [1.54, 1.807) is 18.3 Å². The molecule has 2 amide bonds. The molecular weight excluding hydrogens is 306 g/mol. The monoisotopic (exact) mass is 327 g/mol. The minimum Gasteiger partial charge on any atom is -0.439 e. The van der Waals surface area contributed by atoms with Gasteiger partial charge in [0.25, 0.3) is 0 Å². The highest BCUT2D eigenvalue weighted by atomic mass is 16.5. The van der Waals surface area contributed by atoms with E-state index in [0.717, 1.165) is 25.7 Å². The number of urea groups is 1. The number of nitrogens with one attached hydrogen (secondary N) is 2. The Morgan fingerprint density at radius 3 is 2.62 bits per heavy atom. The van der Waals surface area contributed by atoms with Gasteiger partial charge in [-0.05, 0) is 43.9 Å². The number of nitrogens with zero attached hydrogens (tertiary/aromatic N) is 1. The predicted octanol–water partition coefficient (Wildman–Crippen LogP) is 3.30. The maximum Gasteiger partial charge on any atom is 0.319 e. The lowest BCUT2D eigenvalue weighted by molar-refractivity contribution is 0.118. The number of hydrogen-bond donors (Lipinski definition) is 3. The van der Waals surface area contributed by atoms with Crippen molar-refractivity contribution in [2.45, 2.75) is 37.8 Å². The lowest BCUT2D eigenvalue weighted by Gasteiger charge is -2.26. The number of carbonyl (C=O) groups excluding carboxylic acids is 1. The predicted molar refractivity (Wildman–Crippen MR) is 91.2 cm³/mol. The molecule has 2 aromatic rings. The quantitative estimate of drug-likeness (QED) is 0.804. The Balaban J connectivity index is 1.55. The Labute approximate surface area is 140 Å². The summed E-state index contributed by atoms with van der Waals surface area (Å²) in [5.41, 5.74) is 0.615. The third-order valence-corrected chi connectivity index (χ3v) is 3.99.